The smallest absolute Gasteiger partial charge is 0.287 e. The third-order valence-corrected chi connectivity index (χ3v) is 6.26. The number of benzene rings is 1. The number of carbonyl (C=O) groups is 1. The lowest BCUT2D eigenvalue weighted by Crippen LogP contribution is -2.63. The quantitative estimate of drug-likeness (QED) is 0.877. The molecule has 140 valence electrons. The summed E-state index contributed by atoms with van der Waals surface area (Å²) in [5.74, 6) is 0.875. The maximum atomic E-state index is 12.9. The maximum Gasteiger partial charge on any atom is 0.287 e. The van der Waals surface area contributed by atoms with Crippen LogP contribution in [0.3, 0.4) is 0 Å². The molecule has 5 heterocycles. The average molecular weight is 363 g/mol. The Morgan fingerprint density at radius 3 is 2.89 bits per heavy atom. The molecule has 0 aliphatic carbocycles. The summed E-state index contributed by atoms with van der Waals surface area (Å²) < 4.78 is 5.78. The molecular weight excluding hydrogens is 338 g/mol. The fraction of sp³-hybridized carbons (Fsp3) is 0.409. The van der Waals surface area contributed by atoms with Gasteiger partial charge in [-0.05, 0) is 68.3 Å². The van der Waals surface area contributed by atoms with Crippen LogP contribution in [-0.4, -0.2) is 42.5 Å². The second kappa shape index (κ2) is 6.89. The van der Waals surface area contributed by atoms with Crippen LogP contribution in [0.1, 0.15) is 29.8 Å². The van der Waals surface area contributed by atoms with Gasteiger partial charge in [0.25, 0.3) is 5.91 Å². The minimum absolute atomic E-state index is 0.0920. The van der Waals surface area contributed by atoms with Gasteiger partial charge in [-0.2, -0.15) is 0 Å². The molecule has 6 rings (SSSR count). The van der Waals surface area contributed by atoms with E-state index in [0.29, 0.717) is 17.7 Å². The van der Waals surface area contributed by atoms with Gasteiger partial charge in [0.15, 0.2) is 5.76 Å². The van der Waals surface area contributed by atoms with E-state index in [9.17, 15) is 4.79 Å². The van der Waals surface area contributed by atoms with Crippen molar-refractivity contribution in [3.8, 4) is 0 Å². The number of furan rings is 1. The highest BCUT2D eigenvalue weighted by Gasteiger charge is 2.43. The van der Waals surface area contributed by atoms with E-state index >= 15 is 0 Å². The number of piperidine rings is 3. The van der Waals surface area contributed by atoms with Gasteiger partial charge >= 0.3 is 0 Å². The van der Waals surface area contributed by atoms with Crippen molar-refractivity contribution in [3.05, 3.63) is 60.0 Å². The number of nitrogens with zero attached hydrogens (tertiary/aromatic N) is 1. The van der Waals surface area contributed by atoms with Crippen molar-refractivity contribution in [1.29, 1.82) is 0 Å². The van der Waals surface area contributed by atoms with Crippen molar-refractivity contribution < 1.29 is 9.21 Å². The monoisotopic (exact) mass is 363 g/mol. The molecule has 2 bridgehead atoms. The van der Waals surface area contributed by atoms with Crippen LogP contribution < -0.4 is 10.6 Å². The zero-order valence-corrected chi connectivity index (χ0v) is 15.4. The second-order valence-electron chi connectivity index (χ2n) is 7.86. The van der Waals surface area contributed by atoms with Crippen LogP contribution >= 0.6 is 0 Å². The fourth-order valence-corrected chi connectivity index (χ4v) is 4.85. The van der Waals surface area contributed by atoms with Gasteiger partial charge in [0.1, 0.15) is 5.58 Å². The first-order chi connectivity index (χ1) is 13.3. The van der Waals surface area contributed by atoms with Crippen molar-refractivity contribution in [1.82, 2.24) is 15.5 Å². The molecule has 0 spiro atoms. The number of allylic oxidation sites excluding steroid dienone is 2. The molecule has 4 aliphatic heterocycles. The summed E-state index contributed by atoms with van der Waals surface area (Å²) in [5, 5.41) is 7.59. The lowest BCUT2D eigenvalue weighted by atomic mass is 9.76. The van der Waals surface area contributed by atoms with Crippen molar-refractivity contribution in [3.63, 3.8) is 0 Å². The number of rotatable bonds is 4. The first-order valence-electron chi connectivity index (χ1n) is 9.89. The summed E-state index contributed by atoms with van der Waals surface area (Å²) in [6.45, 7) is 3.18. The normalized spacial score (nSPS) is 29.4. The SMILES string of the molecule is O=C(N[C@@H]1C2CCN(CC2)[C@H]1CC1=CC=CNC1)c1cc2ccccc2o1. The fourth-order valence-electron chi connectivity index (χ4n) is 4.85. The molecule has 5 heteroatoms. The Morgan fingerprint density at radius 2 is 2.11 bits per heavy atom. The molecule has 2 N–H and O–H groups in total. The maximum absolute atomic E-state index is 12.9. The molecule has 0 radical (unpaired) electrons. The number of hydrogen-bond acceptors (Lipinski definition) is 4. The molecule has 1 aromatic heterocycles. The number of hydrogen-bond donors (Lipinski definition) is 2. The lowest BCUT2D eigenvalue weighted by molar-refractivity contribution is 0.0130. The van der Waals surface area contributed by atoms with Crippen molar-refractivity contribution in [2.24, 2.45) is 5.92 Å². The van der Waals surface area contributed by atoms with Gasteiger partial charge in [-0.15, -0.1) is 0 Å². The van der Waals surface area contributed by atoms with E-state index < -0.39 is 0 Å². The Bertz CT molecular complexity index is 872. The van der Waals surface area contributed by atoms with Crippen LogP contribution in [0.5, 0.6) is 0 Å². The molecule has 0 unspecified atom stereocenters. The van der Waals surface area contributed by atoms with Gasteiger partial charge in [0, 0.05) is 24.0 Å². The Hall–Kier alpha value is -2.53. The molecule has 1 aromatic carbocycles. The van der Waals surface area contributed by atoms with E-state index in [1.165, 1.54) is 18.4 Å². The average Bonchev–Trinajstić information content (AvgIpc) is 3.16. The highest BCUT2D eigenvalue weighted by Crippen LogP contribution is 2.35. The molecule has 5 nitrogen and oxygen atoms in total. The first kappa shape index (κ1) is 16.6. The first-order valence-corrected chi connectivity index (χ1v) is 9.89. The minimum atomic E-state index is -0.0920. The van der Waals surface area contributed by atoms with Crippen LogP contribution in [0.2, 0.25) is 0 Å². The van der Waals surface area contributed by atoms with E-state index in [1.54, 1.807) is 0 Å². The lowest BCUT2D eigenvalue weighted by Gasteiger charge is -2.51. The van der Waals surface area contributed by atoms with Crippen LogP contribution in [-0.2, 0) is 0 Å². The standard InChI is InChI=1S/C22H25N3O2/c26-22(20-13-17-5-1-2-6-19(17)27-20)24-21-16-7-10-25(11-8-16)18(21)12-15-4-3-9-23-14-15/h1-6,9,13,16,18,21,23H,7-8,10-12,14H2,(H,24,26)/t18-,21+/m0/s1. The summed E-state index contributed by atoms with van der Waals surface area (Å²) >= 11 is 0. The summed E-state index contributed by atoms with van der Waals surface area (Å²) in [7, 11) is 0. The van der Waals surface area contributed by atoms with E-state index in [4.69, 9.17) is 4.42 Å². The number of nitrogens with one attached hydrogen (secondary N) is 2. The van der Waals surface area contributed by atoms with Gasteiger partial charge in [0.05, 0.1) is 0 Å². The highest BCUT2D eigenvalue weighted by atomic mass is 16.3. The van der Waals surface area contributed by atoms with Gasteiger partial charge in [-0.3, -0.25) is 9.69 Å². The molecule has 2 atom stereocenters. The van der Waals surface area contributed by atoms with Gasteiger partial charge < -0.3 is 15.1 Å². The van der Waals surface area contributed by atoms with E-state index in [-0.39, 0.29) is 11.9 Å². The highest BCUT2D eigenvalue weighted by molar-refractivity contribution is 5.96. The van der Waals surface area contributed by atoms with Crippen molar-refractivity contribution in [2.45, 2.75) is 31.3 Å². The number of dihydropyridines is 1. The molecule has 3 saturated heterocycles. The number of para-hydroxylation sites is 1. The molecular formula is C22H25N3O2. The largest absolute Gasteiger partial charge is 0.451 e. The predicted molar refractivity (Wildman–Crippen MR) is 105 cm³/mol. The number of carbonyl (C=O) groups excluding carboxylic acids is 1. The predicted octanol–water partition coefficient (Wildman–Crippen LogP) is 3.06. The number of fused-ring (bicyclic) bond motifs is 4. The molecule has 1 amide bonds. The van der Waals surface area contributed by atoms with Gasteiger partial charge in [-0.1, -0.05) is 24.3 Å². The third kappa shape index (κ3) is 3.16. The summed E-state index contributed by atoms with van der Waals surface area (Å²) in [6, 6.07) is 10.2. The zero-order chi connectivity index (χ0) is 18.2. The van der Waals surface area contributed by atoms with E-state index in [0.717, 1.165) is 37.0 Å². The third-order valence-electron chi connectivity index (χ3n) is 6.26. The van der Waals surface area contributed by atoms with Gasteiger partial charge in [-0.25, -0.2) is 0 Å². The Morgan fingerprint density at radius 1 is 1.26 bits per heavy atom. The molecule has 3 fully saturated rings. The van der Waals surface area contributed by atoms with Gasteiger partial charge in [0.2, 0.25) is 0 Å². The number of amides is 1. The molecule has 27 heavy (non-hydrogen) atoms. The van der Waals surface area contributed by atoms with Crippen LogP contribution in [0.4, 0.5) is 0 Å². The summed E-state index contributed by atoms with van der Waals surface area (Å²) in [6.07, 6.45) is 9.59. The topological polar surface area (TPSA) is 57.5 Å². The molecule has 2 aromatic rings. The Labute approximate surface area is 159 Å². The molecule has 4 aliphatic rings. The molecule has 0 saturated carbocycles. The Kier molecular flexibility index (Phi) is 4.24. The summed E-state index contributed by atoms with van der Waals surface area (Å²) in [4.78, 5) is 15.5. The minimum Gasteiger partial charge on any atom is -0.451 e. The second-order valence-corrected chi connectivity index (χ2v) is 7.86. The Balaban J connectivity index is 1.36. The van der Waals surface area contributed by atoms with E-state index in [2.05, 4.69) is 27.7 Å². The van der Waals surface area contributed by atoms with Crippen LogP contribution in [0.25, 0.3) is 11.0 Å². The zero-order valence-electron chi connectivity index (χ0n) is 15.4. The van der Waals surface area contributed by atoms with Crippen molar-refractivity contribution in [2.75, 3.05) is 19.6 Å². The van der Waals surface area contributed by atoms with Crippen LogP contribution in [0.15, 0.2) is 58.7 Å². The van der Waals surface area contributed by atoms with Crippen molar-refractivity contribution >= 4 is 16.9 Å². The summed E-state index contributed by atoms with van der Waals surface area (Å²) in [5.41, 5.74) is 2.16. The van der Waals surface area contributed by atoms with Crippen LogP contribution in [0, 0.1) is 5.92 Å². The van der Waals surface area contributed by atoms with E-state index in [1.807, 2.05) is 36.5 Å².